The van der Waals surface area contributed by atoms with Crippen LogP contribution in [-0.4, -0.2) is 48.9 Å². The van der Waals surface area contributed by atoms with Crippen LogP contribution < -0.4 is 5.73 Å². The highest BCUT2D eigenvalue weighted by molar-refractivity contribution is 5.77. The zero-order valence-corrected chi connectivity index (χ0v) is 11.2. The van der Waals surface area contributed by atoms with Crippen LogP contribution in [0.1, 0.15) is 5.56 Å². The molecule has 104 valence electrons. The smallest absolute Gasteiger partial charge is 0.223 e. The van der Waals surface area contributed by atoms with Crippen LogP contribution in [0.4, 0.5) is 4.39 Å². The number of carbonyl (C=O) groups is 1. The Morgan fingerprint density at radius 3 is 2.79 bits per heavy atom. The fraction of sp³-hybridized carbons (Fsp3) is 0.500. The minimum atomic E-state index is -0.285. The second-order valence-corrected chi connectivity index (χ2v) is 5.19. The van der Waals surface area contributed by atoms with Gasteiger partial charge in [0.25, 0.3) is 0 Å². The minimum Gasteiger partial charge on any atom is -0.369 e. The first-order valence-electron chi connectivity index (χ1n) is 6.50. The molecule has 0 unspecified atom stereocenters. The van der Waals surface area contributed by atoms with Crippen molar-refractivity contribution in [1.82, 2.24) is 9.80 Å². The maximum absolute atomic E-state index is 13.6. The van der Waals surface area contributed by atoms with Crippen LogP contribution in [0.25, 0.3) is 0 Å². The summed E-state index contributed by atoms with van der Waals surface area (Å²) in [6, 6.07) is 6.75. The van der Waals surface area contributed by atoms with Gasteiger partial charge in [-0.25, -0.2) is 4.39 Å². The second-order valence-electron chi connectivity index (χ2n) is 5.19. The van der Waals surface area contributed by atoms with E-state index in [1.807, 2.05) is 13.1 Å². The molecule has 1 aromatic rings. The van der Waals surface area contributed by atoms with Crippen molar-refractivity contribution in [2.45, 2.75) is 6.54 Å². The molecule has 1 heterocycles. The number of hydrogen-bond donors (Lipinski definition) is 1. The summed E-state index contributed by atoms with van der Waals surface area (Å²) < 4.78 is 13.6. The molecule has 2 rings (SSSR count). The number of rotatable bonds is 3. The molecule has 5 heteroatoms. The Balaban J connectivity index is 2.07. The van der Waals surface area contributed by atoms with Crippen molar-refractivity contribution >= 4 is 5.91 Å². The largest absolute Gasteiger partial charge is 0.369 e. The first-order valence-corrected chi connectivity index (χ1v) is 6.50. The van der Waals surface area contributed by atoms with E-state index in [2.05, 4.69) is 9.80 Å². The third-order valence-electron chi connectivity index (χ3n) is 3.56. The molecule has 1 saturated heterocycles. The summed E-state index contributed by atoms with van der Waals surface area (Å²) >= 11 is 0. The molecule has 4 nitrogen and oxygen atoms in total. The zero-order valence-electron chi connectivity index (χ0n) is 11.2. The minimum absolute atomic E-state index is 0.195. The molecule has 0 saturated carbocycles. The van der Waals surface area contributed by atoms with Gasteiger partial charge in [0.1, 0.15) is 5.82 Å². The zero-order chi connectivity index (χ0) is 13.8. The van der Waals surface area contributed by atoms with E-state index in [0.717, 1.165) is 13.1 Å². The third kappa shape index (κ3) is 3.75. The summed E-state index contributed by atoms with van der Waals surface area (Å²) in [5.74, 6) is -0.678. The Kier molecular flexibility index (Phi) is 4.50. The van der Waals surface area contributed by atoms with Crippen LogP contribution in [0.5, 0.6) is 0 Å². The quantitative estimate of drug-likeness (QED) is 0.874. The fourth-order valence-corrected chi connectivity index (χ4v) is 2.43. The van der Waals surface area contributed by atoms with Crippen molar-refractivity contribution in [3.63, 3.8) is 0 Å². The highest BCUT2D eigenvalue weighted by Gasteiger charge is 2.25. The van der Waals surface area contributed by atoms with Crippen LogP contribution in [-0.2, 0) is 11.3 Å². The topological polar surface area (TPSA) is 49.6 Å². The number of hydrogen-bond acceptors (Lipinski definition) is 3. The van der Waals surface area contributed by atoms with Crippen LogP contribution >= 0.6 is 0 Å². The van der Waals surface area contributed by atoms with Crippen LogP contribution in [0.3, 0.4) is 0 Å². The van der Waals surface area contributed by atoms with Gasteiger partial charge in [0, 0.05) is 38.3 Å². The highest BCUT2D eigenvalue weighted by Crippen LogP contribution is 2.14. The summed E-state index contributed by atoms with van der Waals surface area (Å²) in [6.07, 6.45) is 0. The Morgan fingerprint density at radius 1 is 1.37 bits per heavy atom. The Labute approximate surface area is 113 Å². The number of nitrogens with two attached hydrogens (primary N) is 1. The molecule has 0 bridgehead atoms. The van der Waals surface area contributed by atoms with Crippen molar-refractivity contribution in [2.75, 3.05) is 33.2 Å². The summed E-state index contributed by atoms with van der Waals surface area (Å²) in [5, 5.41) is 0. The Morgan fingerprint density at radius 2 is 2.11 bits per heavy atom. The molecule has 19 heavy (non-hydrogen) atoms. The third-order valence-corrected chi connectivity index (χ3v) is 3.56. The first-order chi connectivity index (χ1) is 9.06. The van der Waals surface area contributed by atoms with Gasteiger partial charge in [-0.2, -0.15) is 0 Å². The van der Waals surface area contributed by atoms with Crippen LogP contribution in [0, 0.1) is 11.7 Å². The molecule has 0 aliphatic carbocycles. The number of halogens is 1. The van der Waals surface area contributed by atoms with E-state index in [4.69, 9.17) is 5.73 Å². The van der Waals surface area contributed by atoms with Gasteiger partial charge in [0.05, 0.1) is 5.92 Å². The van der Waals surface area contributed by atoms with Gasteiger partial charge < -0.3 is 10.6 Å². The van der Waals surface area contributed by atoms with E-state index in [1.54, 1.807) is 12.1 Å². The molecular formula is C14H20FN3O. The summed E-state index contributed by atoms with van der Waals surface area (Å²) in [4.78, 5) is 15.6. The lowest BCUT2D eigenvalue weighted by atomic mass is 10.1. The first kappa shape index (κ1) is 14.0. The molecule has 1 fully saturated rings. The number of benzene rings is 1. The van der Waals surface area contributed by atoms with Crippen LogP contribution in [0.15, 0.2) is 24.3 Å². The predicted octanol–water partition coefficient (Wildman–Crippen LogP) is 0.675. The van der Waals surface area contributed by atoms with Crippen molar-refractivity contribution in [2.24, 2.45) is 11.7 Å². The normalized spacial score (nSPS) is 22.1. The van der Waals surface area contributed by atoms with Crippen molar-refractivity contribution in [3.05, 3.63) is 35.6 Å². The molecule has 1 amide bonds. The fourth-order valence-electron chi connectivity index (χ4n) is 2.43. The van der Waals surface area contributed by atoms with Gasteiger partial charge >= 0.3 is 0 Å². The lowest BCUT2D eigenvalue weighted by Gasteiger charge is -2.22. The maximum atomic E-state index is 13.6. The number of nitrogens with zero attached hydrogens (tertiary/aromatic N) is 2. The molecule has 2 N–H and O–H groups in total. The van der Waals surface area contributed by atoms with Gasteiger partial charge in [-0.3, -0.25) is 9.69 Å². The van der Waals surface area contributed by atoms with Crippen molar-refractivity contribution < 1.29 is 9.18 Å². The monoisotopic (exact) mass is 265 g/mol. The van der Waals surface area contributed by atoms with Crippen molar-refractivity contribution in [3.8, 4) is 0 Å². The molecule has 0 aromatic heterocycles. The van der Waals surface area contributed by atoms with Gasteiger partial charge in [-0.05, 0) is 13.1 Å². The summed E-state index contributed by atoms with van der Waals surface area (Å²) in [5.41, 5.74) is 6.08. The summed E-state index contributed by atoms with van der Waals surface area (Å²) in [6.45, 7) is 3.45. The summed E-state index contributed by atoms with van der Waals surface area (Å²) in [7, 11) is 1.97. The lowest BCUT2D eigenvalue weighted by Crippen LogP contribution is -2.37. The molecule has 1 atom stereocenters. The van der Waals surface area contributed by atoms with Crippen LogP contribution in [0.2, 0.25) is 0 Å². The van der Waals surface area contributed by atoms with E-state index < -0.39 is 0 Å². The van der Waals surface area contributed by atoms with Gasteiger partial charge in [0.15, 0.2) is 0 Å². The van der Waals surface area contributed by atoms with Crippen molar-refractivity contribution in [1.29, 1.82) is 0 Å². The van der Waals surface area contributed by atoms with E-state index >= 15 is 0 Å². The maximum Gasteiger partial charge on any atom is 0.223 e. The standard InChI is InChI=1S/C14H20FN3O/c1-17-6-7-18(10-12(8-17)14(16)19)9-11-4-2-3-5-13(11)15/h2-5,12H,6-10H2,1H3,(H2,16,19)/t12-/m0/s1. The number of primary amides is 1. The molecule has 0 radical (unpaired) electrons. The molecule has 1 aliphatic rings. The predicted molar refractivity (Wildman–Crippen MR) is 71.9 cm³/mol. The highest BCUT2D eigenvalue weighted by atomic mass is 19.1. The van der Waals surface area contributed by atoms with Gasteiger partial charge in [0.2, 0.25) is 5.91 Å². The van der Waals surface area contributed by atoms with E-state index in [1.165, 1.54) is 6.07 Å². The second kappa shape index (κ2) is 6.12. The Bertz CT molecular complexity index is 452. The Hall–Kier alpha value is -1.46. The lowest BCUT2D eigenvalue weighted by molar-refractivity contribution is -0.122. The molecular weight excluding hydrogens is 245 g/mol. The van der Waals surface area contributed by atoms with E-state index in [-0.39, 0.29) is 17.6 Å². The SMILES string of the molecule is CN1CCN(Cc2ccccc2F)C[C@@H](C(N)=O)C1. The van der Waals surface area contributed by atoms with Gasteiger partial charge in [-0.15, -0.1) is 0 Å². The van der Waals surface area contributed by atoms with E-state index in [9.17, 15) is 9.18 Å². The number of carbonyl (C=O) groups excluding carboxylic acids is 1. The average Bonchev–Trinajstić information content (AvgIpc) is 2.55. The van der Waals surface area contributed by atoms with E-state index in [0.29, 0.717) is 25.2 Å². The number of likely N-dealkylation sites (N-methyl/N-ethyl adjacent to an activating group) is 1. The molecule has 1 aliphatic heterocycles. The molecule has 1 aromatic carbocycles. The molecule has 0 spiro atoms. The average molecular weight is 265 g/mol. The number of amides is 1. The van der Waals surface area contributed by atoms with Gasteiger partial charge in [-0.1, -0.05) is 18.2 Å².